The Morgan fingerprint density at radius 2 is 1.88 bits per heavy atom. The molecule has 2 nitrogen and oxygen atoms in total. The fraction of sp³-hybridized carbons (Fsp3) is 0.533. The molecule has 0 spiro atoms. The fourth-order valence-corrected chi connectivity index (χ4v) is 2.05. The lowest BCUT2D eigenvalue weighted by atomic mass is 10.1. The highest BCUT2D eigenvalue weighted by molar-refractivity contribution is 5.77. The lowest BCUT2D eigenvalue weighted by Gasteiger charge is -2.32. The Kier molecular flexibility index (Phi) is 4.73. The van der Waals surface area contributed by atoms with Crippen molar-refractivity contribution in [1.82, 2.24) is 0 Å². The third kappa shape index (κ3) is 3.58. The van der Waals surface area contributed by atoms with Crippen LogP contribution in [0.5, 0.6) is 0 Å². The Bertz CT molecular complexity index is 383. The molecule has 2 heteroatoms. The van der Waals surface area contributed by atoms with Crippen LogP contribution in [0.2, 0.25) is 0 Å². The van der Waals surface area contributed by atoms with E-state index in [1.54, 1.807) is 0 Å². The molecular weight excluding hydrogens is 210 g/mol. The summed E-state index contributed by atoms with van der Waals surface area (Å²) in [4.78, 5) is 13.1. The van der Waals surface area contributed by atoms with Gasteiger partial charge in [0.05, 0.1) is 0 Å². The third-order valence-electron chi connectivity index (χ3n) is 2.85. The molecule has 17 heavy (non-hydrogen) atoms. The van der Waals surface area contributed by atoms with Gasteiger partial charge in [0.1, 0.15) is 6.29 Å². The van der Waals surface area contributed by atoms with Crippen LogP contribution in [-0.4, -0.2) is 18.9 Å². The van der Waals surface area contributed by atoms with Gasteiger partial charge >= 0.3 is 0 Å². The molecule has 94 valence electrons. The molecule has 0 bridgehead atoms. The van der Waals surface area contributed by atoms with Crippen LogP contribution in [0, 0.1) is 12.8 Å². The maximum absolute atomic E-state index is 10.7. The molecule has 1 aromatic carbocycles. The standard InChI is InChI=1S/C15H23NO/c1-11(2)9-16(12(3)4)15-7-6-14(10-17)8-13(15)5/h6-8,10-12H,9H2,1-5H3. The number of carbonyl (C=O) groups excluding carboxylic acids is 1. The number of rotatable bonds is 5. The van der Waals surface area contributed by atoms with Crippen LogP contribution in [0.25, 0.3) is 0 Å². The Morgan fingerprint density at radius 3 is 2.29 bits per heavy atom. The maximum Gasteiger partial charge on any atom is 0.150 e. The van der Waals surface area contributed by atoms with Gasteiger partial charge in [-0.2, -0.15) is 0 Å². The summed E-state index contributed by atoms with van der Waals surface area (Å²) in [6.45, 7) is 12.0. The molecule has 0 aliphatic heterocycles. The second-order valence-corrected chi connectivity index (χ2v) is 5.30. The Hall–Kier alpha value is -1.31. The number of hydrogen-bond acceptors (Lipinski definition) is 2. The first-order chi connectivity index (χ1) is 7.95. The van der Waals surface area contributed by atoms with Crippen molar-refractivity contribution < 1.29 is 4.79 Å². The fourth-order valence-electron chi connectivity index (χ4n) is 2.05. The average molecular weight is 233 g/mol. The van der Waals surface area contributed by atoms with E-state index in [-0.39, 0.29) is 0 Å². The van der Waals surface area contributed by atoms with Crippen molar-refractivity contribution in [2.75, 3.05) is 11.4 Å². The van der Waals surface area contributed by atoms with Gasteiger partial charge in [-0.05, 0) is 50.5 Å². The Morgan fingerprint density at radius 1 is 1.24 bits per heavy atom. The first kappa shape index (κ1) is 13.8. The zero-order chi connectivity index (χ0) is 13.0. The quantitative estimate of drug-likeness (QED) is 0.723. The number of nitrogens with zero attached hydrogens (tertiary/aromatic N) is 1. The normalized spacial score (nSPS) is 11.0. The van der Waals surface area contributed by atoms with E-state index < -0.39 is 0 Å². The highest BCUT2D eigenvalue weighted by Crippen LogP contribution is 2.24. The second kappa shape index (κ2) is 5.85. The van der Waals surface area contributed by atoms with E-state index >= 15 is 0 Å². The number of carbonyl (C=O) groups is 1. The van der Waals surface area contributed by atoms with Gasteiger partial charge < -0.3 is 4.90 Å². The minimum absolute atomic E-state index is 0.471. The van der Waals surface area contributed by atoms with E-state index in [9.17, 15) is 4.79 Å². The second-order valence-electron chi connectivity index (χ2n) is 5.30. The average Bonchev–Trinajstić information content (AvgIpc) is 2.25. The first-order valence-electron chi connectivity index (χ1n) is 6.28. The van der Waals surface area contributed by atoms with E-state index in [2.05, 4.69) is 45.6 Å². The van der Waals surface area contributed by atoms with E-state index in [1.165, 1.54) is 11.3 Å². The van der Waals surface area contributed by atoms with Crippen molar-refractivity contribution in [2.45, 2.75) is 40.7 Å². The molecule has 0 aliphatic carbocycles. The largest absolute Gasteiger partial charge is 0.369 e. The molecule has 0 saturated heterocycles. The van der Waals surface area contributed by atoms with Crippen LogP contribution < -0.4 is 4.90 Å². The molecule has 0 fully saturated rings. The summed E-state index contributed by atoms with van der Waals surface area (Å²) < 4.78 is 0. The predicted octanol–water partition coefficient (Wildman–Crippen LogP) is 3.68. The smallest absolute Gasteiger partial charge is 0.150 e. The molecule has 0 aromatic heterocycles. The molecule has 0 amide bonds. The summed E-state index contributed by atoms with van der Waals surface area (Å²) in [7, 11) is 0. The highest BCUT2D eigenvalue weighted by Gasteiger charge is 2.14. The van der Waals surface area contributed by atoms with Gasteiger partial charge in [-0.15, -0.1) is 0 Å². The van der Waals surface area contributed by atoms with Gasteiger partial charge in [-0.3, -0.25) is 4.79 Å². The van der Waals surface area contributed by atoms with Gasteiger partial charge in [0.2, 0.25) is 0 Å². The van der Waals surface area contributed by atoms with Crippen molar-refractivity contribution in [2.24, 2.45) is 5.92 Å². The van der Waals surface area contributed by atoms with Crippen LogP contribution in [0.1, 0.15) is 43.6 Å². The van der Waals surface area contributed by atoms with Crippen molar-refractivity contribution in [3.63, 3.8) is 0 Å². The molecular formula is C15H23NO. The Balaban J connectivity index is 3.05. The van der Waals surface area contributed by atoms with Gasteiger partial charge in [-0.1, -0.05) is 13.8 Å². The van der Waals surface area contributed by atoms with Gasteiger partial charge in [-0.25, -0.2) is 0 Å². The number of hydrogen-bond donors (Lipinski definition) is 0. The lowest BCUT2D eigenvalue weighted by molar-refractivity contribution is 0.112. The van der Waals surface area contributed by atoms with Crippen LogP contribution >= 0.6 is 0 Å². The predicted molar refractivity (Wildman–Crippen MR) is 73.9 cm³/mol. The molecule has 1 rings (SSSR count). The van der Waals surface area contributed by atoms with Crippen LogP contribution in [-0.2, 0) is 0 Å². The van der Waals surface area contributed by atoms with Gasteiger partial charge in [0, 0.05) is 23.8 Å². The van der Waals surface area contributed by atoms with E-state index in [4.69, 9.17) is 0 Å². The highest BCUT2D eigenvalue weighted by atomic mass is 16.1. The Labute approximate surface area is 105 Å². The molecule has 0 radical (unpaired) electrons. The summed E-state index contributed by atoms with van der Waals surface area (Å²) in [5.41, 5.74) is 3.16. The minimum Gasteiger partial charge on any atom is -0.369 e. The minimum atomic E-state index is 0.471. The van der Waals surface area contributed by atoms with E-state index in [0.717, 1.165) is 18.4 Å². The van der Waals surface area contributed by atoms with Crippen LogP contribution in [0.15, 0.2) is 18.2 Å². The molecule has 0 N–H and O–H groups in total. The van der Waals surface area contributed by atoms with Gasteiger partial charge in [0.25, 0.3) is 0 Å². The summed E-state index contributed by atoms with van der Waals surface area (Å²) in [6, 6.07) is 6.38. The number of aryl methyl sites for hydroxylation is 1. The zero-order valence-electron chi connectivity index (χ0n) is 11.5. The summed E-state index contributed by atoms with van der Waals surface area (Å²) in [5.74, 6) is 0.627. The van der Waals surface area contributed by atoms with E-state index in [1.807, 2.05) is 12.1 Å². The van der Waals surface area contributed by atoms with Crippen molar-refractivity contribution in [3.05, 3.63) is 29.3 Å². The summed E-state index contributed by atoms with van der Waals surface area (Å²) in [5, 5.41) is 0. The zero-order valence-corrected chi connectivity index (χ0v) is 11.5. The van der Waals surface area contributed by atoms with Gasteiger partial charge in [0.15, 0.2) is 0 Å². The molecule has 0 atom stereocenters. The monoisotopic (exact) mass is 233 g/mol. The van der Waals surface area contributed by atoms with Crippen molar-refractivity contribution in [3.8, 4) is 0 Å². The molecule has 0 aliphatic rings. The van der Waals surface area contributed by atoms with Crippen LogP contribution in [0.3, 0.4) is 0 Å². The number of anilines is 1. The lowest BCUT2D eigenvalue weighted by Crippen LogP contribution is -2.34. The molecule has 0 heterocycles. The molecule has 0 unspecified atom stereocenters. The summed E-state index contributed by atoms with van der Waals surface area (Å²) in [6.07, 6.45) is 0.902. The summed E-state index contributed by atoms with van der Waals surface area (Å²) >= 11 is 0. The third-order valence-corrected chi connectivity index (χ3v) is 2.85. The first-order valence-corrected chi connectivity index (χ1v) is 6.28. The van der Waals surface area contributed by atoms with Crippen molar-refractivity contribution >= 4 is 12.0 Å². The van der Waals surface area contributed by atoms with Crippen LogP contribution in [0.4, 0.5) is 5.69 Å². The molecule has 0 saturated carbocycles. The topological polar surface area (TPSA) is 20.3 Å². The number of benzene rings is 1. The number of aldehydes is 1. The molecule has 1 aromatic rings. The van der Waals surface area contributed by atoms with E-state index in [0.29, 0.717) is 12.0 Å². The SMILES string of the molecule is Cc1cc(C=O)ccc1N(CC(C)C)C(C)C. The van der Waals surface area contributed by atoms with Crippen molar-refractivity contribution in [1.29, 1.82) is 0 Å². The maximum atomic E-state index is 10.7.